The van der Waals surface area contributed by atoms with Gasteiger partial charge >= 0.3 is 0 Å². The zero-order valence-electron chi connectivity index (χ0n) is 13.0. The lowest BCUT2D eigenvalue weighted by molar-refractivity contribution is 0.185. The number of aryl methyl sites for hydroxylation is 2. The van der Waals surface area contributed by atoms with Gasteiger partial charge in [-0.2, -0.15) is 0 Å². The van der Waals surface area contributed by atoms with Crippen molar-refractivity contribution in [1.82, 2.24) is 10.2 Å². The van der Waals surface area contributed by atoms with Crippen LogP contribution in [0.4, 0.5) is 0 Å². The summed E-state index contributed by atoms with van der Waals surface area (Å²) in [4.78, 5) is 2.68. The van der Waals surface area contributed by atoms with E-state index >= 15 is 0 Å². The van der Waals surface area contributed by atoms with Gasteiger partial charge in [-0.25, -0.2) is 0 Å². The second-order valence-electron chi connectivity index (χ2n) is 6.83. The highest BCUT2D eigenvalue weighted by Gasteiger charge is 2.38. The van der Waals surface area contributed by atoms with Crippen LogP contribution in [0.25, 0.3) is 0 Å². The largest absolute Gasteiger partial charge is 0.314 e. The molecular weight excluding hydrogens is 244 g/mol. The van der Waals surface area contributed by atoms with Crippen molar-refractivity contribution in [2.75, 3.05) is 32.7 Å². The molecule has 0 aromatic heterocycles. The second-order valence-corrected chi connectivity index (χ2v) is 6.83. The van der Waals surface area contributed by atoms with Gasteiger partial charge in [-0.05, 0) is 37.8 Å². The van der Waals surface area contributed by atoms with E-state index in [-0.39, 0.29) is 0 Å². The van der Waals surface area contributed by atoms with Crippen molar-refractivity contribution in [2.45, 2.75) is 44.9 Å². The third-order valence-corrected chi connectivity index (χ3v) is 5.26. The Bertz CT molecular complexity index is 454. The molecule has 2 nitrogen and oxygen atoms in total. The van der Waals surface area contributed by atoms with Crippen LogP contribution in [0.2, 0.25) is 0 Å². The lowest BCUT2D eigenvalue weighted by atomic mass is 9.75. The Labute approximate surface area is 123 Å². The average molecular weight is 272 g/mol. The van der Waals surface area contributed by atoms with Gasteiger partial charge in [-0.15, -0.1) is 0 Å². The Kier molecular flexibility index (Phi) is 4.13. The number of benzene rings is 1. The van der Waals surface area contributed by atoms with Crippen molar-refractivity contribution < 1.29 is 0 Å². The first kappa shape index (κ1) is 14.1. The third kappa shape index (κ3) is 2.77. The predicted molar refractivity (Wildman–Crippen MR) is 85.4 cm³/mol. The van der Waals surface area contributed by atoms with Crippen LogP contribution in [0.5, 0.6) is 0 Å². The third-order valence-electron chi connectivity index (χ3n) is 5.26. The Morgan fingerprint density at radius 2 is 1.80 bits per heavy atom. The molecule has 0 bridgehead atoms. The molecule has 0 atom stereocenters. The van der Waals surface area contributed by atoms with E-state index in [1.54, 1.807) is 5.56 Å². The Hall–Kier alpha value is -0.860. The molecule has 0 radical (unpaired) electrons. The van der Waals surface area contributed by atoms with Gasteiger partial charge < -0.3 is 5.32 Å². The molecule has 1 aliphatic carbocycles. The van der Waals surface area contributed by atoms with Crippen LogP contribution in [0.1, 0.15) is 42.4 Å². The van der Waals surface area contributed by atoms with Crippen LogP contribution in [-0.4, -0.2) is 37.6 Å². The molecule has 1 saturated carbocycles. The van der Waals surface area contributed by atoms with E-state index in [0.29, 0.717) is 5.41 Å². The summed E-state index contributed by atoms with van der Waals surface area (Å²) in [6.07, 6.45) is 5.56. The number of hydrogen-bond donors (Lipinski definition) is 1. The van der Waals surface area contributed by atoms with Crippen molar-refractivity contribution in [2.24, 2.45) is 0 Å². The SMILES string of the molecule is Cc1ccc(C)c(C2(CN3CCNCC3)CCCC2)c1. The van der Waals surface area contributed by atoms with E-state index in [1.807, 2.05) is 0 Å². The van der Waals surface area contributed by atoms with Crippen LogP contribution in [0, 0.1) is 13.8 Å². The number of nitrogens with one attached hydrogen (secondary N) is 1. The van der Waals surface area contributed by atoms with Crippen LogP contribution < -0.4 is 5.32 Å². The molecule has 20 heavy (non-hydrogen) atoms. The molecule has 2 heteroatoms. The van der Waals surface area contributed by atoms with Gasteiger partial charge in [0.1, 0.15) is 0 Å². The van der Waals surface area contributed by atoms with Crippen molar-refractivity contribution >= 4 is 0 Å². The maximum Gasteiger partial charge on any atom is 0.0108 e. The zero-order chi connectivity index (χ0) is 14.0. The van der Waals surface area contributed by atoms with E-state index in [2.05, 4.69) is 42.3 Å². The predicted octanol–water partition coefficient (Wildman–Crippen LogP) is 3.02. The normalized spacial score (nSPS) is 23.1. The fourth-order valence-corrected chi connectivity index (χ4v) is 4.17. The van der Waals surface area contributed by atoms with Gasteiger partial charge in [0.05, 0.1) is 0 Å². The number of piperazine rings is 1. The quantitative estimate of drug-likeness (QED) is 0.910. The number of nitrogens with zero attached hydrogens (tertiary/aromatic N) is 1. The molecule has 2 aliphatic rings. The van der Waals surface area contributed by atoms with Gasteiger partial charge in [0.2, 0.25) is 0 Å². The van der Waals surface area contributed by atoms with Gasteiger partial charge in [0.25, 0.3) is 0 Å². The molecular formula is C18H28N2. The molecule has 1 N–H and O–H groups in total. The summed E-state index contributed by atoms with van der Waals surface area (Å²) in [5, 5.41) is 3.47. The van der Waals surface area contributed by atoms with Gasteiger partial charge in [0, 0.05) is 38.1 Å². The fraction of sp³-hybridized carbons (Fsp3) is 0.667. The smallest absolute Gasteiger partial charge is 0.0108 e. The maximum absolute atomic E-state index is 3.47. The molecule has 2 fully saturated rings. The molecule has 1 aromatic carbocycles. The van der Waals surface area contributed by atoms with Crippen molar-refractivity contribution in [3.8, 4) is 0 Å². The molecule has 0 amide bonds. The highest BCUT2D eigenvalue weighted by molar-refractivity contribution is 5.38. The fourth-order valence-electron chi connectivity index (χ4n) is 4.17. The first-order valence-corrected chi connectivity index (χ1v) is 8.20. The van der Waals surface area contributed by atoms with Crippen LogP contribution in [-0.2, 0) is 5.41 Å². The average Bonchev–Trinajstić information content (AvgIpc) is 2.92. The summed E-state index contributed by atoms with van der Waals surface area (Å²) in [5.74, 6) is 0. The summed E-state index contributed by atoms with van der Waals surface area (Å²) in [6.45, 7) is 10.5. The molecule has 1 saturated heterocycles. The van der Waals surface area contributed by atoms with Crippen LogP contribution in [0.3, 0.4) is 0 Å². The minimum Gasteiger partial charge on any atom is -0.314 e. The van der Waals surface area contributed by atoms with E-state index in [9.17, 15) is 0 Å². The van der Waals surface area contributed by atoms with E-state index in [0.717, 1.165) is 13.1 Å². The Morgan fingerprint density at radius 3 is 2.50 bits per heavy atom. The zero-order valence-corrected chi connectivity index (χ0v) is 13.0. The first-order chi connectivity index (χ1) is 9.70. The monoisotopic (exact) mass is 272 g/mol. The first-order valence-electron chi connectivity index (χ1n) is 8.20. The molecule has 0 spiro atoms. The highest BCUT2D eigenvalue weighted by Crippen LogP contribution is 2.43. The summed E-state index contributed by atoms with van der Waals surface area (Å²) < 4.78 is 0. The molecule has 0 unspecified atom stereocenters. The van der Waals surface area contributed by atoms with Crippen molar-refractivity contribution in [3.05, 3.63) is 34.9 Å². The van der Waals surface area contributed by atoms with Crippen molar-refractivity contribution in [3.63, 3.8) is 0 Å². The molecule has 1 aromatic rings. The highest BCUT2D eigenvalue weighted by atomic mass is 15.2. The standard InChI is InChI=1S/C18H28N2/c1-15-5-6-16(2)17(13-15)18(7-3-4-8-18)14-20-11-9-19-10-12-20/h5-6,13,19H,3-4,7-12,14H2,1-2H3. The molecule has 3 rings (SSSR count). The molecule has 1 aliphatic heterocycles. The molecule has 1 heterocycles. The number of hydrogen-bond acceptors (Lipinski definition) is 2. The summed E-state index contributed by atoms with van der Waals surface area (Å²) in [5.41, 5.74) is 4.96. The van der Waals surface area contributed by atoms with Gasteiger partial charge in [-0.1, -0.05) is 36.6 Å². The van der Waals surface area contributed by atoms with Crippen LogP contribution in [0.15, 0.2) is 18.2 Å². The van der Waals surface area contributed by atoms with E-state index in [4.69, 9.17) is 0 Å². The maximum atomic E-state index is 3.47. The Morgan fingerprint density at radius 1 is 1.10 bits per heavy atom. The van der Waals surface area contributed by atoms with Crippen molar-refractivity contribution in [1.29, 1.82) is 0 Å². The van der Waals surface area contributed by atoms with E-state index < -0.39 is 0 Å². The molecule has 110 valence electrons. The Balaban J connectivity index is 1.88. The van der Waals surface area contributed by atoms with Crippen LogP contribution >= 0.6 is 0 Å². The lowest BCUT2D eigenvalue weighted by Crippen LogP contribution is -2.49. The van der Waals surface area contributed by atoms with E-state index in [1.165, 1.54) is 56.4 Å². The van der Waals surface area contributed by atoms with Gasteiger partial charge in [0.15, 0.2) is 0 Å². The summed E-state index contributed by atoms with van der Waals surface area (Å²) in [7, 11) is 0. The summed E-state index contributed by atoms with van der Waals surface area (Å²) in [6, 6.07) is 7.04. The second kappa shape index (κ2) is 5.87. The lowest BCUT2D eigenvalue weighted by Gasteiger charge is -2.39. The number of rotatable bonds is 3. The summed E-state index contributed by atoms with van der Waals surface area (Å²) >= 11 is 0. The minimum absolute atomic E-state index is 0.424. The minimum atomic E-state index is 0.424. The van der Waals surface area contributed by atoms with Gasteiger partial charge in [-0.3, -0.25) is 4.90 Å². The topological polar surface area (TPSA) is 15.3 Å².